The first-order valence-electron chi connectivity index (χ1n) is 3.60. The monoisotopic (exact) mass is 134 g/mol. The van der Waals surface area contributed by atoms with Gasteiger partial charge in [-0.25, -0.2) is 5.32 Å². The lowest BCUT2D eigenvalue weighted by Gasteiger charge is -1.97. The third-order valence-electron chi connectivity index (χ3n) is 1.36. The van der Waals surface area contributed by atoms with Crippen LogP contribution in [-0.4, -0.2) is 6.54 Å². The van der Waals surface area contributed by atoms with E-state index in [0.717, 1.165) is 13.1 Å². The molecule has 0 spiro atoms. The Bertz CT molecular complexity index is 169. The molecule has 0 fully saturated rings. The summed E-state index contributed by atoms with van der Waals surface area (Å²) in [5, 5.41) is 4.24. The van der Waals surface area contributed by atoms with Gasteiger partial charge in [0.2, 0.25) is 0 Å². The van der Waals surface area contributed by atoms with E-state index in [2.05, 4.69) is 24.4 Å². The maximum Gasteiger partial charge on any atom is 0.0384 e. The van der Waals surface area contributed by atoms with Gasteiger partial charge in [0, 0.05) is 13.1 Å². The van der Waals surface area contributed by atoms with Crippen LogP contribution in [0.3, 0.4) is 0 Å². The molecule has 0 aromatic heterocycles. The Balaban J connectivity index is 2.43. The zero-order valence-corrected chi connectivity index (χ0v) is 6.25. The molecule has 1 nitrogen and oxygen atoms in total. The molecule has 0 N–H and O–H groups in total. The van der Waals surface area contributed by atoms with E-state index in [1.165, 1.54) is 5.56 Å². The second-order valence-corrected chi connectivity index (χ2v) is 2.18. The predicted molar refractivity (Wildman–Crippen MR) is 42.8 cm³/mol. The van der Waals surface area contributed by atoms with Gasteiger partial charge in [0.25, 0.3) is 0 Å². The van der Waals surface area contributed by atoms with E-state index >= 15 is 0 Å². The lowest BCUT2D eigenvalue weighted by atomic mass is 10.2. The lowest BCUT2D eigenvalue weighted by molar-refractivity contribution is 0.710. The van der Waals surface area contributed by atoms with Crippen molar-refractivity contribution in [1.82, 2.24) is 5.32 Å². The van der Waals surface area contributed by atoms with Crippen LogP contribution >= 0.6 is 0 Å². The molecule has 10 heavy (non-hydrogen) atoms. The van der Waals surface area contributed by atoms with Crippen molar-refractivity contribution < 1.29 is 0 Å². The van der Waals surface area contributed by atoms with Gasteiger partial charge in [-0.2, -0.15) is 0 Å². The molecule has 1 aromatic carbocycles. The first kappa shape index (κ1) is 7.29. The van der Waals surface area contributed by atoms with Crippen LogP contribution in [0.25, 0.3) is 0 Å². The van der Waals surface area contributed by atoms with Gasteiger partial charge in [0.15, 0.2) is 0 Å². The Morgan fingerprint density at radius 2 is 1.90 bits per heavy atom. The fourth-order valence-corrected chi connectivity index (χ4v) is 0.824. The molecule has 0 aliphatic rings. The standard InChI is InChI=1S/C9H12N/c1-2-10-8-9-6-4-3-5-7-9/h3-7H,2,8H2,1H3. The van der Waals surface area contributed by atoms with Crippen LogP contribution in [0.1, 0.15) is 12.5 Å². The molecule has 0 amide bonds. The highest BCUT2D eigenvalue weighted by Gasteiger charge is 1.87. The van der Waals surface area contributed by atoms with E-state index in [-0.39, 0.29) is 0 Å². The van der Waals surface area contributed by atoms with Crippen LogP contribution in [0.2, 0.25) is 0 Å². The normalized spacial score (nSPS) is 9.70. The molecule has 0 aliphatic carbocycles. The average molecular weight is 134 g/mol. The van der Waals surface area contributed by atoms with Gasteiger partial charge >= 0.3 is 0 Å². The third-order valence-corrected chi connectivity index (χ3v) is 1.36. The van der Waals surface area contributed by atoms with Gasteiger partial charge in [-0.05, 0) is 5.56 Å². The largest absolute Gasteiger partial charge is 0.237 e. The number of nitrogens with zero attached hydrogens (tertiary/aromatic N) is 1. The molecule has 0 heterocycles. The van der Waals surface area contributed by atoms with E-state index in [1.54, 1.807) is 0 Å². The van der Waals surface area contributed by atoms with Crippen molar-refractivity contribution in [2.75, 3.05) is 6.54 Å². The van der Waals surface area contributed by atoms with Crippen LogP contribution < -0.4 is 5.32 Å². The summed E-state index contributed by atoms with van der Waals surface area (Å²) in [5.74, 6) is 0. The number of hydrogen-bond acceptors (Lipinski definition) is 0. The Labute approximate surface area is 62.1 Å². The Hall–Kier alpha value is -0.820. The second-order valence-electron chi connectivity index (χ2n) is 2.18. The van der Waals surface area contributed by atoms with Gasteiger partial charge < -0.3 is 0 Å². The van der Waals surface area contributed by atoms with Crippen LogP contribution in [0.5, 0.6) is 0 Å². The molecular weight excluding hydrogens is 122 g/mol. The third kappa shape index (κ3) is 2.19. The number of hydrogen-bond donors (Lipinski definition) is 0. The minimum Gasteiger partial charge on any atom is -0.237 e. The Kier molecular flexibility index (Phi) is 2.97. The van der Waals surface area contributed by atoms with Crippen LogP contribution in [0.15, 0.2) is 30.3 Å². The fraction of sp³-hybridized carbons (Fsp3) is 0.333. The first-order chi connectivity index (χ1) is 4.93. The van der Waals surface area contributed by atoms with Gasteiger partial charge in [-0.1, -0.05) is 37.3 Å². The molecule has 0 unspecified atom stereocenters. The van der Waals surface area contributed by atoms with Crippen molar-refractivity contribution in [3.8, 4) is 0 Å². The van der Waals surface area contributed by atoms with E-state index in [1.807, 2.05) is 18.2 Å². The highest BCUT2D eigenvalue weighted by Crippen LogP contribution is 1.96. The molecule has 53 valence electrons. The number of rotatable bonds is 3. The zero-order valence-electron chi connectivity index (χ0n) is 6.25. The van der Waals surface area contributed by atoms with E-state index in [0.29, 0.717) is 0 Å². The van der Waals surface area contributed by atoms with Crippen molar-refractivity contribution in [3.05, 3.63) is 35.9 Å². The summed E-state index contributed by atoms with van der Waals surface area (Å²) in [6, 6.07) is 10.3. The minimum absolute atomic E-state index is 0.858. The molecule has 0 aliphatic heterocycles. The number of benzene rings is 1. The minimum atomic E-state index is 0.858. The molecule has 1 heteroatoms. The van der Waals surface area contributed by atoms with Gasteiger partial charge in [-0.15, -0.1) is 0 Å². The fourth-order valence-electron chi connectivity index (χ4n) is 0.824. The molecule has 0 saturated heterocycles. The molecular formula is C9H12N. The molecule has 1 radical (unpaired) electrons. The maximum absolute atomic E-state index is 4.24. The topological polar surface area (TPSA) is 14.1 Å². The van der Waals surface area contributed by atoms with E-state index < -0.39 is 0 Å². The van der Waals surface area contributed by atoms with Crippen LogP contribution in [0.4, 0.5) is 0 Å². The summed E-state index contributed by atoms with van der Waals surface area (Å²) >= 11 is 0. The average Bonchev–Trinajstić information content (AvgIpc) is 2.03. The van der Waals surface area contributed by atoms with Crippen molar-refractivity contribution in [2.24, 2.45) is 0 Å². The summed E-state index contributed by atoms with van der Waals surface area (Å²) < 4.78 is 0. The van der Waals surface area contributed by atoms with E-state index in [4.69, 9.17) is 0 Å². The molecule has 0 bridgehead atoms. The summed E-state index contributed by atoms with van der Waals surface area (Å²) in [7, 11) is 0. The summed E-state index contributed by atoms with van der Waals surface area (Å²) in [5.41, 5.74) is 1.30. The summed E-state index contributed by atoms with van der Waals surface area (Å²) in [6.07, 6.45) is 0. The van der Waals surface area contributed by atoms with Gasteiger partial charge in [0.1, 0.15) is 0 Å². The Morgan fingerprint density at radius 1 is 1.20 bits per heavy atom. The Morgan fingerprint density at radius 3 is 2.50 bits per heavy atom. The highest BCUT2D eigenvalue weighted by molar-refractivity contribution is 5.13. The quantitative estimate of drug-likeness (QED) is 0.598. The molecule has 1 rings (SSSR count). The summed E-state index contributed by atoms with van der Waals surface area (Å²) in [6.45, 7) is 3.83. The van der Waals surface area contributed by atoms with Crippen molar-refractivity contribution in [2.45, 2.75) is 13.5 Å². The molecule has 1 aromatic rings. The predicted octanol–water partition coefficient (Wildman–Crippen LogP) is 1.81. The smallest absolute Gasteiger partial charge is 0.0384 e. The zero-order chi connectivity index (χ0) is 7.23. The van der Waals surface area contributed by atoms with Crippen molar-refractivity contribution >= 4 is 0 Å². The van der Waals surface area contributed by atoms with Crippen LogP contribution in [0, 0.1) is 0 Å². The van der Waals surface area contributed by atoms with Gasteiger partial charge in [-0.3, -0.25) is 0 Å². The van der Waals surface area contributed by atoms with Crippen LogP contribution in [-0.2, 0) is 6.54 Å². The highest BCUT2D eigenvalue weighted by atomic mass is 14.8. The molecule has 0 atom stereocenters. The molecule has 0 saturated carbocycles. The second kappa shape index (κ2) is 4.07. The maximum atomic E-state index is 4.24. The van der Waals surface area contributed by atoms with E-state index in [9.17, 15) is 0 Å². The lowest BCUT2D eigenvalue weighted by Crippen LogP contribution is -2.02. The summed E-state index contributed by atoms with van der Waals surface area (Å²) in [4.78, 5) is 0. The first-order valence-corrected chi connectivity index (χ1v) is 3.60. The van der Waals surface area contributed by atoms with Crippen molar-refractivity contribution in [3.63, 3.8) is 0 Å². The SMILES string of the molecule is CC[N]Cc1ccccc1. The van der Waals surface area contributed by atoms with Crippen molar-refractivity contribution in [1.29, 1.82) is 0 Å². The van der Waals surface area contributed by atoms with Gasteiger partial charge in [0.05, 0.1) is 0 Å².